The molecule has 0 aliphatic carbocycles. The Morgan fingerprint density at radius 1 is 1.61 bits per heavy atom. The first-order chi connectivity index (χ1) is 8.69. The van der Waals surface area contributed by atoms with Crippen molar-refractivity contribution in [1.82, 2.24) is 20.2 Å². The molecule has 0 aliphatic heterocycles. The second kappa shape index (κ2) is 5.39. The Morgan fingerprint density at radius 2 is 2.44 bits per heavy atom. The second-order valence-corrected chi connectivity index (χ2v) is 4.26. The van der Waals surface area contributed by atoms with Gasteiger partial charge in [-0.25, -0.2) is 0 Å². The number of anilines is 1. The Balaban J connectivity index is 2.07. The van der Waals surface area contributed by atoms with Crippen molar-refractivity contribution < 1.29 is 9.90 Å². The van der Waals surface area contributed by atoms with Crippen LogP contribution in [0.15, 0.2) is 12.1 Å². The number of aliphatic hydroxyl groups is 1. The standard InChI is InChI=1S/C10H9N5O2S/c1-15-13-10(12-14-15)11-9(17)8-5-4-7(18-8)3-2-6-16/h4-5,16H,6H2,1H3,(H,11,13,17). The van der Waals surface area contributed by atoms with Gasteiger partial charge in [0.1, 0.15) is 6.61 Å². The average Bonchev–Trinajstić information content (AvgIpc) is 2.96. The average molecular weight is 263 g/mol. The van der Waals surface area contributed by atoms with E-state index in [1.807, 2.05) is 0 Å². The minimum Gasteiger partial charge on any atom is -0.384 e. The van der Waals surface area contributed by atoms with Crippen molar-refractivity contribution in [3.05, 3.63) is 21.9 Å². The maximum Gasteiger partial charge on any atom is 0.270 e. The predicted molar refractivity (Wildman–Crippen MR) is 65.0 cm³/mol. The van der Waals surface area contributed by atoms with Gasteiger partial charge in [-0.05, 0) is 17.3 Å². The minimum atomic E-state index is -0.315. The highest BCUT2D eigenvalue weighted by Crippen LogP contribution is 2.16. The molecule has 0 aliphatic rings. The predicted octanol–water partition coefficient (Wildman–Crippen LogP) is -0.132. The molecule has 2 rings (SSSR count). The van der Waals surface area contributed by atoms with Gasteiger partial charge in [0.15, 0.2) is 0 Å². The molecule has 0 unspecified atom stereocenters. The topological polar surface area (TPSA) is 92.9 Å². The first-order valence-electron chi connectivity index (χ1n) is 4.94. The van der Waals surface area contributed by atoms with Gasteiger partial charge >= 0.3 is 0 Å². The summed E-state index contributed by atoms with van der Waals surface area (Å²) in [4.78, 5) is 14.2. The normalized spacial score (nSPS) is 9.67. The number of rotatable bonds is 2. The molecule has 2 aromatic rings. The van der Waals surface area contributed by atoms with Crippen LogP contribution in [0.4, 0.5) is 5.95 Å². The summed E-state index contributed by atoms with van der Waals surface area (Å²) in [6.45, 7) is -0.205. The van der Waals surface area contributed by atoms with Gasteiger partial charge in [0, 0.05) is 0 Å². The molecule has 2 aromatic heterocycles. The minimum absolute atomic E-state index is 0.152. The third-order valence-corrected chi connectivity index (χ3v) is 2.85. The largest absolute Gasteiger partial charge is 0.384 e. The van der Waals surface area contributed by atoms with Crippen LogP contribution in [-0.2, 0) is 7.05 Å². The summed E-state index contributed by atoms with van der Waals surface area (Å²) in [5.74, 6) is 5.08. The Bertz CT molecular complexity index is 621. The van der Waals surface area contributed by atoms with E-state index >= 15 is 0 Å². The maximum absolute atomic E-state index is 11.8. The molecule has 0 fully saturated rings. The van der Waals surface area contributed by atoms with Gasteiger partial charge in [0.25, 0.3) is 11.9 Å². The fraction of sp³-hybridized carbons (Fsp3) is 0.200. The molecule has 0 bridgehead atoms. The number of tetrazole rings is 1. The smallest absolute Gasteiger partial charge is 0.270 e. The summed E-state index contributed by atoms with van der Waals surface area (Å²) in [6, 6.07) is 3.37. The molecule has 0 saturated carbocycles. The van der Waals surface area contributed by atoms with E-state index in [0.717, 1.165) is 0 Å². The lowest BCUT2D eigenvalue weighted by molar-refractivity contribution is 0.102. The second-order valence-electron chi connectivity index (χ2n) is 3.18. The molecule has 18 heavy (non-hydrogen) atoms. The van der Waals surface area contributed by atoms with Gasteiger partial charge in [-0.15, -0.1) is 16.4 Å². The number of thiophene rings is 1. The van der Waals surface area contributed by atoms with E-state index in [1.54, 1.807) is 19.2 Å². The van der Waals surface area contributed by atoms with Gasteiger partial charge in [-0.3, -0.25) is 10.1 Å². The summed E-state index contributed by atoms with van der Waals surface area (Å²) in [5, 5.41) is 22.2. The molecule has 7 nitrogen and oxygen atoms in total. The summed E-state index contributed by atoms with van der Waals surface area (Å²) in [7, 11) is 1.61. The zero-order chi connectivity index (χ0) is 13.0. The number of aryl methyl sites for hydroxylation is 1. The first-order valence-corrected chi connectivity index (χ1v) is 5.75. The first kappa shape index (κ1) is 12.2. The van der Waals surface area contributed by atoms with Gasteiger partial charge < -0.3 is 5.11 Å². The van der Waals surface area contributed by atoms with Crippen molar-refractivity contribution in [3.8, 4) is 11.8 Å². The van der Waals surface area contributed by atoms with Crippen molar-refractivity contribution in [2.24, 2.45) is 7.05 Å². The van der Waals surface area contributed by atoms with Crippen LogP contribution in [0.25, 0.3) is 0 Å². The number of nitrogens with zero attached hydrogens (tertiary/aromatic N) is 4. The van der Waals surface area contributed by atoms with Crippen molar-refractivity contribution in [1.29, 1.82) is 0 Å². The van der Waals surface area contributed by atoms with Crippen molar-refractivity contribution >= 4 is 23.2 Å². The molecule has 0 radical (unpaired) electrons. The molecule has 8 heteroatoms. The maximum atomic E-state index is 11.8. The van der Waals surface area contributed by atoms with Crippen LogP contribution >= 0.6 is 11.3 Å². The van der Waals surface area contributed by atoms with Crippen molar-refractivity contribution in [2.45, 2.75) is 0 Å². The molecule has 0 aromatic carbocycles. The lowest BCUT2D eigenvalue weighted by Crippen LogP contribution is -2.11. The Hall–Kier alpha value is -2.24. The summed E-state index contributed by atoms with van der Waals surface area (Å²) in [5.41, 5.74) is 0. The van der Waals surface area contributed by atoms with E-state index in [9.17, 15) is 4.79 Å². The molecule has 0 saturated heterocycles. The van der Waals surface area contributed by atoms with E-state index in [0.29, 0.717) is 9.75 Å². The number of hydrogen-bond donors (Lipinski definition) is 2. The van der Waals surface area contributed by atoms with E-state index in [1.165, 1.54) is 16.1 Å². The Kier molecular flexibility index (Phi) is 3.66. The van der Waals surface area contributed by atoms with Gasteiger partial charge in [-0.2, -0.15) is 4.80 Å². The number of aromatic nitrogens is 4. The lowest BCUT2D eigenvalue weighted by atomic mass is 10.4. The van der Waals surface area contributed by atoms with Crippen LogP contribution < -0.4 is 5.32 Å². The summed E-state index contributed by atoms with van der Waals surface area (Å²) >= 11 is 1.23. The zero-order valence-corrected chi connectivity index (χ0v) is 10.2. The SMILES string of the molecule is Cn1nnc(NC(=O)c2ccc(C#CCO)s2)n1. The Morgan fingerprint density at radius 3 is 3.11 bits per heavy atom. The summed E-state index contributed by atoms with van der Waals surface area (Å²) in [6.07, 6.45) is 0. The van der Waals surface area contributed by atoms with Gasteiger partial charge in [-0.1, -0.05) is 16.9 Å². The lowest BCUT2D eigenvalue weighted by Gasteiger charge is -1.95. The van der Waals surface area contributed by atoms with E-state index < -0.39 is 0 Å². The fourth-order valence-electron chi connectivity index (χ4n) is 1.15. The van der Waals surface area contributed by atoms with Crippen molar-refractivity contribution in [2.75, 3.05) is 11.9 Å². The quantitative estimate of drug-likeness (QED) is 0.736. The van der Waals surface area contributed by atoms with Gasteiger partial charge in [0.2, 0.25) is 0 Å². The Labute approximate surface area is 106 Å². The third kappa shape index (κ3) is 2.91. The van der Waals surface area contributed by atoms with E-state index in [4.69, 9.17) is 5.11 Å². The number of carbonyl (C=O) groups excluding carboxylic acids is 1. The molecular formula is C10H9N5O2S. The highest BCUT2D eigenvalue weighted by molar-refractivity contribution is 7.14. The van der Waals surface area contributed by atoms with Crippen LogP contribution in [0, 0.1) is 11.8 Å². The van der Waals surface area contributed by atoms with Crippen LogP contribution in [0.5, 0.6) is 0 Å². The number of amides is 1. The highest BCUT2D eigenvalue weighted by Gasteiger charge is 2.11. The van der Waals surface area contributed by atoms with Crippen LogP contribution in [0.3, 0.4) is 0 Å². The number of carbonyl (C=O) groups is 1. The fourth-order valence-corrected chi connectivity index (χ4v) is 1.93. The molecule has 0 atom stereocenters. The number of hydrogen-bond acceptors (Lipinski definition) is 6. The molecular weight excluding hydrogens is 254 g/mol. The molecule has 2 heterocycles. The van der Waals surface area contributed by atoms with Crippen LogP contribution in [0.2, 0.25) is 0 Å². The van der Waals surface area contributed by atoms with E-state index in [-0.39, 0.29) is 18.5 Å². The van der Waals surface area contributed by atoms with Crippen molar-refractivity contribution in [3.63, 3.8) is 0 Å². The molecule has 2 N–H and O–H groups in total. The summed E-state index contributed by atoms with van der Waals surface area (Å²) < 4.78 is 0. The number of aliphatic hydroxyl groups excluding tert-OH is 1. The number of nitrogens with one attached hydrogen (secondary N) is 1. The molecule has 92 valence electrons. The molecule has 0 spiro atoms. The van der Waals surface area contributed by atoms with Crippen LogP contribution in [0.1, 0.15) is 14.5 Å². The highest BCUT2D eigenvalue weighted by atomic mass is 32.1. The zero-order valence-electron chi connectivity index (χ0n) is 9.41. The van der Waals surface area contributed by atoms with Crippen LogP contribution in [-0.4, -0.2) is 37.8 Å². The van der Waals surface area contributed by atoms with Gasteiger partial charge in [0.05, 0.1) is 16.8 Å². The molecule has 1 amide bonds. The third-order valence-electron chi connectivity index (χ3n) is 1.85. The monoisotopic (exact) mass is 263 g/mol. The van der Waals surface area contributed by atoms with E-state index in [2.05, 4.69) is 32.6 Å².